The Labute approximate surface area is 79.9 Å². The minimum absolute atomic E-state index is 0.0849. The van der Waals surface area contributed by atoms with Crippen molar-refractivity contribution in [1.29, 1.82) is 5.26 Å². The molecule has 0 aromatic carbocycles. The lowest BCUT2D eigenvalue weighted by Crippen LogP contribution is -2.35. The zero-order chi connectivity index (χ0) is 11.4. The van der Waals surface area contributed by atoms with Crippen molar-refractivity contribution in [3.05, 3.63) is 0 Å². The van der Waals surface area contributed by atoms with E-state index in [4.69, 9.17) is 5.26 Å². The zero-order valence-electron chi connectivity index (χ0n) is 7.90. The number of rotatable bonds is 3. The highest BCUT2D eigenvalue weighted by Crippen LogP contribution is 2.19. The van der Waals surface area contributed by atoms with Crippen LogP contribution in [0.25, 0.3) is 0 Å². The molecule has 0 aromatic heterocycles. The molecule has 1 amide bonds. The highest BCUT2D eigenvalue weighted by molar-refractivity contribution is 5.76. The quantitative estimate of drug-likeness (QED) is 0.765. The summed E-state index contributed by atoms with van der Waals surface area (Å²) in [5, 5.41) is 10.6. The van der Waals surface area contributed by atoms with Gasteiger partial charge in [0.1, 0.15) is 6.42 Å². The Morgan fingerprint density at radius 1 is 1.43 bits per heavy atom. The van der Waals surface area contributed by atoms with Crippen molar-refractivity contribution in [3.8, 4) is 6.07 Å². The van der Waals surface area contributed by atoms with Crippen LogP contribution in [0.4, 0.5) is 13.2 Å². The van der Waals surface area contributed by atoms with Gasteiger partial charge in [-0.1, -0.05) is 0 Å². The molecule has 0 aliphatic rings. The minimum Gasteiger partial charge on any atom is -0.354 e. The van der Waals surface area contributed by atoms with Crippen molar-refractivity contribution in [2.45, 2.75) is 26.4 Å². The van der Waals surface area contributed by atoms with Gasteiger partial charge in [0.05, 0.1) is 11.5 Å². The van der Waals surface area contributed by atoms with Gasteiger partial charge < -0.3 is 5.32 Å². The Morgan fingerprint density at radius 3 is 2.29 bits per heavy atom. The highest BCUT2D eigenvalue weighted by Gasteiger charge is 2.31. The highest BCUT2D eigenvalue weighted by atomic mass is 19.4. The fourth-order valence-electron chi connectivity index (χ4n) is 0.604. The molecule has 80 valence electrons. The van der Waals surface area contributed by atoms with Gasteiger partial charge in [-0.05, 0) is 13.8 Å². The molecule has 0 atom stereocenters. The van der Waals surface area contributed by atoms with E-state index in [-0.39, 0.29) is 6.54 Å². The molecule has 0 rings (SSSR count). The summed E-state index contributed by atoms with van der Waals surface area (Å²) in [7, 11) is 0. The number of amides is 1. The molecule has 1 N–H and O–H groups in total. The fraction of sp³-hybridized carbons (Fsp3) is 0.750. The predicted molar refractivity (Wildman–Crippen MR) is 43.1 cm³/mol. The van der Waals surface area contributed by atoms with Gasteiger partial charge in [-0.3, -0.25) is 4.79 Å². The number of alkyl halides is 3. The van der Waals surface area contributed by atoms with Crippen molar-refractivity contribution in [1.82, 2.24) is 5.32 Å². The lowest BCUT2D eigenvalue weighted by Gasteiger charge is -2.16. The van der Waals surface area contributed by atoms with Crippen LogP contribution in [0.1, 0.15) is 20.3 Å². The van der Waals surface area contributed by atoms with Crippen molar-refractivity contribution >= 4 is 5.91 Å². The Kier molecular flexibility index (Phi) is 3.93. The Bertz CT molecular complexity index is 252. The summed E-state index contributed by atoms with van der Waals surface area (Å²) in [4.78, 5) is 10.7. The van der Waals surface area contributed by atoms with E-state index in [1.807, 2.05) is 11.4 Å². The number of nitriles is 1. The molecule has 0 bridgehead atoms. The number of carbonyl (C=O) groups excluding carboxylic acids is 1. The van der Waals surface area contributed by atoms with Crippen LogP contribution in [0.5, 0.6) is 0 Å². The lowest BCUT2D eigenvalue weighted by molar-refractivity contribution is -0.153. The molecule has 6 heteroatoms. The molecule has 0 aromatic rings. The van der Waals surface area contributed by atoms with E-state index in [2.05, 4.69) is 0 Å². The average molecular weight is 208 g/mol. The predicted octanol–water partition coefficient (Wildman–Crippen LogP) is 1.60. The maximum atomic E-state index is 11.7. The summed E-state index contributed by atoms with van der Waals surface area (Å²) in [5.41, 5.74) is -0.846. The number of hydrogen-bond donors (Lipinski definition) is 1. The molecular formula is C8H11F3N2O. The van der Waals surface area contributed by atoms with E-state index < -0.39 is 23.9 Å². The van der Waals surface area contributed by atoms with E-state index in [1.165, 1.54) is 13.8 Å². The van der Waals surface area contributed by atoms with Crippen LogP contribution in [-0.4, -0.2) is 18.6 Å². The van der Waals surface area contributed by atoms with E-state index in [1.54, 1.807) is 0 Å². The molecule has 0 radical (unpaired) electrons. The largest absolute Gasteiger partial charge is 0.397 e. The van der Waals surface area contributed by atoms with E-state index >= 15 is 0 Å². The summed E-state index contributed by atoms with van der Waals surface area (Å²) in [6.45, 7) is 2.97. The number of halogens is 3. The maximum absolute atomic E-state index is 11.7. The molecule has 0 fully saturated rings. The van der Waals surface area contributed by atoms with Gasteiger partial charge in [0.2, 0.25) is 5.91 Å². The average Bonchev–Trinajstić information content (AvgIpc) is 1.98. The lowest BCUT2D eigenvalue weighted by atomic mass is 9.96. The molecule has 0 unspecified atom stereocenters. The molecule has 0 saturated carbocycles. The van der Waals surface area contributed by atoms with Gasteiger partial charge in [0, 0.05) is 6.54 Å². The molecule has 0 aliphatic carbocycles. The topological polar surface area (TPSA) is 52.9 Å². The van der Waals surface area contributed by atoms with Crippen LogP contribution in [0.2, 0.25) is 0 Å². The smallest absolute Gasteiger partial charge is 0.354 e. The van der Waals surface area contributed by atoms with Crippen LogP contribution in [0.3, 0.4) is 0 Å². The molecular weight excluding hydrogens is 197 g/mol. The number of hydrogen-bond acceptors (Lipinski definition) is 2. The molecule has 0 aliphatic heterocycles. The third-order valence-corrected chi connectivity index (χ3v) is 1.39. The minimum atomic E-state index is -4.50. The first kappa shape index (κ1) is 12.8. The van der Waals surface area contributed by atoms with Crippen molar-refractivity contribution in [2.24, 2.45) is 5.41 Å². The normalized spacial score (nSPS) is 12.0. The Balaban J connectivity index is 3.95. The standard InChI is InChI=1S/C8H11F3N2O/c1-7(2,4-12)5-13-6(14)3-8(9,10)11/h3,5H2,1-2H3,(H,13,14). The first-order valence-corrected chi connectivity index (χ1v) is 3.91. The van der Waals surface area contributed by atoms with Crippen molar-refractivity contribution < 1.29 is 18.0 Å². The third-order valence-electron chi connectivity index (χ3n) is 1.39. The van der Waals surface area contributed by atoms with Crippen LogP contribution < -0.4 is 5.32 Å². The molecule has 0 heterocycles. The Hall–Kier alpha value is -1.25. The van der Waals surface area contributed by atoms with Gasteiger partial charge in [-0.15, -0.1) is 0 Å². The van der Waals surface area contributed by atoms with Crippen LogP contribution in [0.15, 0.2) is 0 Å². The van der Waals surface area contributed by atoms with Gasteiger partial charge in [0.25, 0.3) is 0 Å². The molecule has 0 saturated heterocycles. The first-order valence-electron chi connectivity index (χ1n) is 3.91. The monoisotopic (exact) mass is 208 g/mol. The van der Waals surface area contributed by atoms with Gasteiger partial charge in [-0.2, -0.15) is 18.4 Å². The van der Waals surface area contributed by atoms with E-state index in [0.29, 0.717) is 0 Å². The van der Waals surface area contributed by atoms with Crippen molar-refractivity contribution in [2.75, 3.05) is 6.54 Å². The van der Waals surface area contributed by atoms with Crippen LogP contribution in [-0.2, 0) is 4.79 Å². The third kappa shape index (κ3) is 6.29. The fourth-order valence-corrected chi connectivity index (χ4v) is 0.604. The molecule has 14 heavy (non-hydrogen) atoms. The van der Waals surface area contributed by atoms with Crippen LogP contribution in [0, 0.1) is 16.7 Å². The Morgan fingerprint density at radius 2 is 1.93 bits per heavy atom. The van der Waals surface area contributed by atoms with Gasteiger partial charge >= 0.3 is 6.18 Å². The summed E-state index contributed by atoms with van der Waals surface area (Å²) in [6, 6.07) is 1.86. The number of nitrogens with one attached hydrogen (secondary N) is 1. The zero-order valence-corrected chi connectivity index (χ0v) is 7.90. The molecule has 3 nitrogen and oxygen atoms in total. The SMILES string of the molecule is CC(C)(C#N)CNC(=O)CC(F)(F)F. The summed E-state index contributed by atoms with van der Waals surface area (Å²) < 4.78 is 35.0. The van der Waals surface area contributed by atoms with Gasteiger partial charge in [-0.25, -0.2) is 0 Å². The summed E-state index contributed by atoms with van der Waals surface area (Å²) in [5.74, 6) is -1.11. The number of nitrogens with zero attached hydrogens (tertiary/aromatic N) is 1. The first-order chi connectivity index (χ1) is 6.16. The maximum Gasteiger partial charge on any atom is 0.397 e. The van der Waals surface area contributed by atoms with Crippen LogP contribution >= 0.6 is 0 Å². The summed E-state index contributed by atoms with van der Waals surface area (Å²) in [6.07, 6.45) is -6.00. The number of carbonyl (C=O) groups is 1. The molecule has 0 spiro atoms. The second-order valence-corrected chi connectivity index (χ2v) is 3.56. The second-order valence-electron chi connectivity index (χ2n) is 3.56. The van der Waals surface area contributed by atoms with Crippen molar-refractivity contribution in [3.63, 3.8) is 0 Å². The van der Waals surface area contributed by atoms with E-state index in [9.17, 15) is 18.0 Å². The summed E-state index contributed by atoms with van der Waals surface area (Å²) >= 11 is 0. The second kappa shape index (κ2) is 4.31. The van der Waals surface area contributed by atoms with E-state index in [0.717, 1.165) is 0 Å². The van der Waals surface area contributed by atoms with Gasteiger partial charge in [0.15, 0.2) is 0 Å².